The van der Waals surface area contributed by atoms with Crippen molar-refractivity contribution in [2.24, 2.45) is 0 Å². The van der Waals surface area contributed by atoms with Gasteiger partial charge in [-0.3, -0.25) is 4.79 Å². The Morgan fingerprint density at radius 3 is 2.40 bits per heavy atom. The Bertz CT molecular complexity index is 472. The Hall–Kier alpha value is -1.22. The van der Waals surface area contributed by atoms with Crippen molar-refractivity contribution in [2.75, 3.05) is 0 Å². The quantitative estimate of drug-likeness (QED) is 0.918. The van der Waals surface area contributed by atoms with Gasteiger partial charge in [0.2, 0.25) is 0 Å². The molecule has 1 aromatic carbocycles. The molecule has 1 saturated carbocycles. The van der Waals surface area contributed by atoms with Crippen LogP contribution in [0.2, 0.25) is 5.02 Å². The summed E-state index contributed by atoms with van der Waals surface area (Å²) in [6.45, 7) is 5.65. The molecule has 1 N–H and O–H groups in total. The van der Waals surface area contributed by atoms with Gasteiger partial charge in [0.1, 0.15) is 5.75 Å². The molecule has 1 amide bonds. The zero-order valence-electron chi connectivity index (χ0n) is 12.3. The van der Waals surface area contributed by atoms with Crippen molar-refractivity contribution in [1.82, 2.24) is 5.32 Å². The molecule has 0 bridgehead atoms. The summed E-state index contributed by atoms with van der Waals surface area (Å²) in [7, 11) is 0. The number of ether oxygens (including phenoxy) is 1. The number of amides is 1. The van der Waals surface area contributed by atoms with E-state index in [0.29, 0.717) is 11.8 Å². The third-order valence-corrected chi connectivity index (χ3v) is 4.39. The Kier molecular flexibility index (Phi) is 4.92. The van der Waals surface area contributed by atoms with Crippen molar-refractivity contribution in [3.8, 4) is 5.75 Å². The molecule has 0 spiro atoms. The zero-order chi connectivity index (χ0) is 14.7. The van der Waals surface area contributed by atoms with E-state index in [2.05, 4.69) is 5.32 Å². The molecule has 1 unspecified atom stereocenters. The number of benzene rings is 1. The number of halogens is 1. The van der Waals surface area contributed by atoms with Crippen LogP contribution in [0.1, 0.15) is 43.7 Å². The summed E-state index contributed by atoms with van der Waals surface area (Å²) < 4.78 is 5.73. The SMILES string of the molecule is Cc1cc(OC(C)C(=O)NC2CCCC2)cc(C)c1Cl. The van der Waals surface area contributed by atoms with Gasteiger partial charge in [0.15, 0.2) is 6.10 Å². The minimum Gasteiger partial charge on any atom is -0.481 e. The smallest absolute Gasteiger partial charge is 0.260 e. The monoisotopic (exact) mass is 295 g/mol. The largest absolute Gasteiger partial charge is 0.481 e. The first-order valence-electron chi connectivity index (χ1n) is 7.21. The summed E-state index contributed by atoms with van der Waals surface area (Å²) in [4.78, 5) is 12.1. The third-order valence-electron chi connectivity index (χ3n) is 3.79. The van der Waals surface area contributed by atoms with Crippen LogP contribution in [-0.2, 0) is 4.79 Å². The van der Waals surface area contributed by atoms with Gasteiger partial charge in [-0.25, -0.2) is 0 Å². The standard InChI is InChI=1S/C16H22ClNO2/c1-10-8-14(9-11(2)15(10)17)20-12(3)16(19)18-13-6-4-5-7-13/h8-9,12-13H,4-7H2,1-3H3,(H,18,19). The fraction of sp³-hybridized carbons (Fsp3) is 0.562. The van der Waals surface area contributed by atoms with Crippen LogP contribution in [0.3, 0.4) is 0 Å². The number of rotatable bonds is 4. The molecule has 3 nitrogen and oxygen atoms in total. The lowest BCUT2D eigenvalue weighted by Gasteiger charge is -2.18. The van der Waals surface area contributed by atoms with Crippen molar-refractivity contribution < 1.29 is 9.53 Å². The second-order valence-electron chi connectivity index (χ2n) is 5.62. The van der Waals surface area contributed by atoms with Gasteiger partial charge in [-0.05, 0) is 56.9 Å². The van der Waals surface area contributed by atoms with Crippen LogP contribution in [0, 0.1) is 13.8 Å². The van der Waals surface area contributed by atoms with Crippen LogP contribution >= 0.6 is 11.6 Å². The molecule has 2 rings (SSSR count). The summed E-state index contributed by atoms with van der Waals surface area (Å²) in [5, 5.41) is 3.80. The van der Waals surface area contributed by atoms with E-state index in [9.17, 15) is 4.79 Å². The molecule has 0 aromatic heterocycles. The molecule has 20 heavy (non-hydrogen) atoms. The van der Waals surface area contributed by atoms with Crippen LogP contribution in [0.15, 0.2) is 12.1 Å². The highest BCUT2D eigenvalue weighted by molar-refractivity contribution is 6.32. The Morgan fingerprint density at radius 1 is 1.30 bits per heavy atom. The predicted molar refractivity (Wildman–Crippen MR) is 81.4 cm³/mol. The molecule has 110 valence electrons. The van der Waals surface area contributed by atoms with Crippen LogP contribution in [0.4, 0.5) is 0 Å². The first-order valence-corrected chi connectivity index (χ1v) is 7.59. The fourth-order valence-electron chi connectivity index (χ4n) is 2.62. The topological polar surface area (TPSA) is 38.3 Å². The first kappa shape index (κ1) is 15.2. The predicted octanol–water partition coefficient (Wildman–Crippen LogP) is 3.78. The number of nitrogens with one attached hydrogen (secondary N) is 1. The number of carbonyl (C=O) groups excluding carboxylic acids is 1. The highest BCUT2D eigenvalue weighted by Crippen LogP contribution is 2.26. The number of hydrogen-bond donors (Lipinski definition) is 1. The molecule has 1 fully saturated rings. The van der Waals surface area contributed by atoms with E-state index >= 15 is 0 Å². The average molecular weight is 296 g/mol. The van der Waals surface area contributed by atoms with Gasteiger partial charge in [-0.1, -0.05) is 24.4 Å². The second-order valence-corrected chi connectivity index (χ2v) is 6.00. The maximum atomic E-state index is 12.1. The Balaban J connectivity index is 1.96. The van der Waals surface area contributed by atoms with Crippen LogP contribution in [0.25, 0.3) is 0 Å². The van der Waals surface area contributed by atoms with E-state index in [1.54, 1.807) is 6.92 Å². The van der Waals surface area contributed by atoms with E-state index < -0.39 is 6.10 Å². The summed E-state index contributed by atoms with van der Waals surface area (Å²) in [5.41, 5.74) is 1.93. The van der Waals surface area contributed by atoms with Crippen molar-refractivity contribution in [1.29, 1.82) is 0 Å². The molecular weight excluding hydrogens is 274 g/mol. The van der Waals surface area contributed by atoms with E-state index in [4.69, 9.17) is 16.3 Å². The summed E-state index contributed by atoms with van der Waals surface area (Å²) >= 11 is 6.13. The molecule has 0 radical (unpaired) electrons. The maximum absolute atomic E-state index is 12.1. The lowest BCUT2D eigenvalue weighted by Crippen LogP contribution is -2.41. The van der Waals surface area contributed by atoms with Crippen molar-refractivity contribution in [2.45, 2.75) is 58.6 Å². The summed E-state index contributed by atoms with van der Waals surface area (Å²) in [6.07, 6.45) is 4.08. The normalized spacial score (nSPS) is 17.0. The first-order chi connectivity index (χ1) is 9.47. The van der Waals surface area contributed by atoms with E-state index in [0.717, 1.165) is 29.0 Å². The minimum absolute atomic E-state index is 0.0397. The highest BCUT2D eigenvalue weighted by atomic mass is 35.5. The molecule has 1 atom stereocenters. The summed E-state index contributed by atoms with van der Waals surface area (Å²) in [5.74, 6) is 0.653. The van der Waals surface area contributed by atoms with Gasteiger partial charge in [0.05, 0.1) is 0 Å². The molecule has 1 aliphatic carbocycles. The van der Waals surface area contributed by atoms with Gasteiger partial charge in [-0.2, -0.15) is 0 Å². The number of hydrogen-bond acceptors (Lipinski definition) is 2. The van der Waals surface area contributed by atoms with Crippen molar-refractivity contribution in [3.05, 3.63) is 28.3 Å². The van der Waals surface area contributed by atoms with Crippen LogP contribution < -0.4 is 10.1 Å². The Labute approximate surface area is 125 Å². The van der Waals surface area contributed by atoms with Crippen molar-refractivity contribution in [3.63, 3.8) is 0 Å². The molecule has 1 aromatic rings. The number of aryl methyl sites for hydroxylation is 2. The van der Waals surface area contributed by atoms with E-state index in [-0.39, 0.29) is 5.91 Å². The molecule has 1 aliphatic rings. The minimum atomic E-state index is -0.490. The fourth-order valence-corrected chi connectivity index (χ4v) is 2.73. The molecule has 0 saturated heterocycles. The third kappa shape index (κ3) is 3.66. The van der Waals surface area contributed by atoms with Gasteiger partial charge < -0.3 is 10.1 Å². The average Bonchev–Trinajstić information content (AvgIpc) is 2.88. The maximum Gasteiger partial charge on any atom is 0.260 e. The number of carbonyl (C=O) groups is 1. The highest BCUT2D eigenvalue weighted by Gasteiger charge is 2.21. The van der Waals surface area contributed by atoms with Crippen molar-refractivity contribution >= 4 is 17.5 Å². The van der Waals surface area contributed by atoms with Gasteiger partial charge in [0.25, 0.3) is 5.91 Å². The molecule has 0 heterocycles. The van der Waals surface area contributed by atoms with E-state index in [1.165, 1.54) is 12.8 Å². The summed E-state index contributed by atoms with van der Waals surface area (Å²) in [6, 6.07) is 4.06. The van der Waals surface area contributed by atoms with Gasteiger partial charge >= 0.3 is 0 Å². The van der Waals surface area contributed by atoms with E-state index in [1.807, 2.05) is 26.0 Å². The lowest BCUT2D eigenvalue weighted by molar-refractivity contribution is -0.127. The van der Waals surface area contributed by atoms with Gasteiger partial charge in [-0.15, -0.1) is 0 Å². The van der Waals surface area contributed by atoms with Gasteiger partial charge in [0, 0.05) is 11.1 Å². The second kappa shape index (κ2) is 6.49. The zero-order valence-corrected chi connectivity index (χ0v) is 13.1. The molecule has 4 heteroatoms. The Morgan fingerprint density at radius 2 is 1.85 bits per heavy atom. The lowest BCUT2D eigenvalue weighted by atomic mass is 10.1. The van der Waals surface area contributed by atoms with Crippen LogP contribution in [-0.4, -0.2) is 18.1 Å². The van der Waals surface area contributed by atoms with Crippen LogP contribution in [0.5, 0.6) is 5.75 Å². The molecular formula is C16H22ClNO2. The molecule has 0 aliphatic heterocycles.